The van der Waals surface area contributed by atoms with Gasteiger partial charge in [0.2, 0.25) is 11.8 Å². The Kier molecular flexibility index (Phi) is 7.11. The zero-order valence-electron chi connectivity index (χ0n) is 12.6. The summed E-state index contributed by atoms with van der Waals surface area (Å²) in [6.45, 7) is 4.45. The molecule has 0 aromatic heterocycles. The van der Waals surface area contributed by atoms with E-state index in [-0.39, 0.29) is 12.3 Å². The van der Waals surface area contributed by atoms with Crippen molar-refractivity contribution in [2.75, 3.05) is 44.7 Å². The van der Waals surface area contributed by atoms with Gasteiger partial charge >= 0.3 is 0 Å². The number of morpholine rings is 1. The van der Waals surface area contributed by atoms with Gasteiger partial charge in [0.1, 0.15) is 6.42 Å². The normalized spacial score (nSPS) is 15.2. The van der Waals surface area contributed by atoms with E-state index in [0.29, 0.717) is 22.3 Å². The highest BCUT2D eigenvalue weighted by Crippen LogP contribution is 2.24. The van der Waals surface area contributed by atoms with E-state index < -0.39 is 5.91 Å². The number of anilines is 1. The van der Waals surface area contributed by atoms with E-state index in [2.05, 4.69) is 15.5 Å². The lowest BCUT2D eigenvalue weighted by molar-refractivity contribution is -0.126. The third-order valence-electron chi connectivity index (χ3n) is 3.38. The maximum Gasteiger partial charge on any atom is 0.233 e. The predicted molar refractivity (Wildman–Crippen MR) is 90.0 cm³/mol. The average molecular weight is 360 g/mol. The van der Waals surface area contributed by atoms with Gasteiger partial charge in [-0.2, -0.15) is 0 Å². The van der Waals surface area contributed by atoms with Crippen LogP contribution in [0.5, 0.6) is 0 Å². The van der Waals surface area contributed by atoms with Crippen molar-refractivity contribution in [2.24, 2.45) is 0 Å². The zero-order valence-corrected chi connectivity index (χ0v) is 14.1. The van der Waals surface area contributed by atoms with Gasteiger partial charge in [-0.25, -0.2) is 0 Å². The quantitative estimate of drug-likeness (QED) is 0.759. The summed E-state index contributed by atoms with van der Waals surface area (Å²) in [5, 5.41) is 6.10. The molecule has 6 nitrogen and oxygen atoms in total. The maximum absolute atomic E-state index is 11.8. The van der Waals surface area contributed by atoms with Gasteiger partial charge in [0.05, 0.1) is 23.3 Å². The van der Waals surface area contributed by atoms with E-state index in [4.69, 9.17) is 27.9 Å². The predicted octanol–water partition coefficient (Wildman–Crippen LogP) is 1.77. The fraction of sp³-hybridized carbons (Fsp3) is 0.467. The summed E-state index contributed by atoms with van der Waals surface area (Å²) >= 11 is 11.7. The fourth-order valence-corrected chi connectivity index (χ4v) is 2.46. The van der Waals surface area contributed by atoms with E-state index in [1.165, 1.54) is 6.07 Å². The third-order valence-corrected chi connectivity index (χ3v) is 4.12. The molecule has 0 bridgehead atoms. The second-order valence-electron chi connectivity index (χ2n) is 5.16. The van der Waals surface area contributed by atoms with E-state index in [9.17, 15) is 9.59 Å². The van der Waals surface area contributed by atoms with Crippen LogP contribution in [0, 0.1) is 0 Å². The molecule has 0 atom stereocenters. The Morgan fingerprint density at radius 2 is 1.87 bits per heavy atom. The first-order valence-corrected chi connectivity index (χ1v) is 8.12. The molecule has 1 aliphatic heterocycles. The van der Waals surface area contributed by atoms with Gasteiger partial charge in [0.25, 0.3) is 0 Å². The van der Waals surface area contributed by atoms with Crippen LogP contribution < -0.4 is 10.6 Å². The summed E-state index contributed by atoms with van der Waals surface area (Å²) in [5.74, 6) is -0.705. The molecule has 0 radical (unpaired) electrons. The summed E-state index contributed by atoms with van der Waals surface area (Å²) < 4.78 is 5.25. The first-order valence-electron chi connectivity index (χ1n) is 7.36. The second-order valence-corrected chi connectivity index (χ2v) is 5.97. The Morgan fingerprint density at radius 1 is 1.13 bits per heavy atom. The molecule has 1 aliphatic rings. The summed E-state index contributed by atoms with van der Waals surface area (Å²) in [6.07, 6.45) is -0.233. The third kappa shape index (κ3) is 6.35. The van der Waals surface area contributed by atoms with Crippen LogP contribution in [-0.4, -0.2) is 56.1 Å². The second kappa shape index (κ2) is 9.08. The first-order chi connectivity index (χ1) is 11.0. The van der Waals surface area contributed by atoms with Gasteiger partial charge in [-0.15, -0.1) is 0 Å². The van der Waals surface area contributed by atoms with Crippen LogP contribution in [-0.2, 0) is 14.3 Å². The minimum Gasteiger partial charge on any atom is -0.379 e. The molecule has 2 rings (SSSR count). The Hall–Kier alpha value is -1.34. The standard InChI is InChI=1S/C15H19Cl2N3O3/c16-12-2-1-11(9-13(12)17)19-15(22)10-14(21)18-3-4-20-5-7-23-8-6-20/h1-2,9H,3-8,10H2,(H,18,21)(H,19,22). The molecule has 1 aromatic carbocycles. The SMILES string of the molecule is O=C(CC(=O)Nc1ccc(Cl)c(Cl)c1)NCCN1CCOCC1. The monoisotopic (exact) mass is 359 g/mol. The zero-order chi connectivity index (χ0) is 16.7. The Bertz CT molecular complexity index is 563. The smallest absolute Gasteiger partial charge is 0.233 e. The van der Waals surface area contributed by atoms with Gasteiger partial charge in [-0.1, -0.05) is 23.2 Å². The molecule has 1 saturated heterocycles. The number of halogens is 2. The number of carbonyl (C=O) groups excluding carboxylic acids is 2. The first kappa shape index (κ1) is 18.0. The van der Waals surface area contributed by atoms with Crippen molar-refractivity contribution in [3.8, 4) is 0 Å². The van der Waals surface area contributed by atoms with Crippen molar-refractivity contribution < 1.29 is 14.3 Å². The van der Waals surface area contributed by atoms with Crippen LogP contribution in [0.25, 0.3) is 0 Å². The molecule has 2 N–H and O–H groups in total. The molecule has 0 aliphatic carbocycles. The lowest BCUT2D eigenvalue weighted by Gasteiger charge is -2.26. The molecule has 0 spiro atoms. The Labute approximate surface area is 145 Å². The summed E-state index contributed by atoms with van der Waals surface area (Å²) in [7, 11) is 0. The van der Waals surface area contributed by atoms with Gasteiger partial charge in [-0.05, 0) is 18.2 Å². The topological polar surface area (TPSA) is 70.7 Å². The molecule has 1 fully saturated rings. The van der Waals surface area contributed by atoms with Crippen molar-refractivity contribution in [2.45, 2.75) is 6.42 Å². The lowest BCUT2D eigenvalue weighted by atomic mass is 10.3. The fourth-order valence-electron chi connectivity index (χ4n) is 2.17. The van der Waals surface area contributed by atoms with E-state index in [1.54, 1.807) is 12.1 Å². The Morgan fingerprint density at radius 3 is 2.57 bits per heavy atom. The highest BCUT2D eigenvalue weighted by atomic mass is 35.5. The highest BCUT2D eigenvalue weighted by molar-refractivity contribution is 6.42. The molecule has 126 valence electrons. The minimum atomic E-state index is -0.396. The lowest BCUT2D eigenvalue weighted by Crippen LogP contribution is -2.41. The number of nitrogens with zero attached hydrogens (tertiary/aromatic N) is 1. The molecular formula is C15H19Cl2N3O3. The van der Waals surface area contributed by atoms with Crippen LogP contribution in [0.15, 0.2) is 18.2 Å². The highest BCUT2D eigenvalue weighted by Gasteiger charge is 2.12. The molecule has 0 saturated carbocycles. The van der Waals surface area contributed by atoms with Crippen molar-refractivity contribution in [1.82, 2.24) is 10.2 Å². The molecule has 8 heteroatoms. The minimum absolute atomic E-state index is 0.233. The summed E-state index contributed by atoms with van der Waals surface area (Å²) in [6, 6.07) is 4.75. The van der Waals surface area contributed by atoms with E-state index in [1.807, 2.05) is 0 Å². The molecule has 23 heavy (non-hydrogen) atoms. The summed E-state index contributed by atoms with van der Waals surface area (Å²) in [4.78, 5) is 25.8. The number of carbonyl (C=O) groups is 2. The number of nitrogens with one attached hydrogen (secondary N) is 2. The van der Waals surface area contributed by atoms with Gasteiger partial charge in [0.15, 0.2) is 0 Å². The number of rotatable bonds is 6. The van der Waals surface area contributed by atoms with Crippen LogP contribution in [0.1, 0.15) is 6.42 Å². The molecule has 1 heterocycles. The average Bonchev–Trinajstić information content (AvgIpc) is 2.52. The molecule has 2 amide bonds. The molecule has 0 unspecified atom stereocenters. The van der Waals surface area contributed by atoms with Crippen LogP contribution >= 0.6 is 23.2 Å². The van der Waals surface area contributed by atoms with Crippen molar-refractivity contribution in [1.29, 1.82) is 0 Å². The number of benzene rings is 1. The van der Waals surface area contributed by atoms with E-state index in [0.717, 1.165) is 32.8 Å². The molecular weight excluding hydrogens is 341 g/mol. The van der Waals surface area contributed by atoms with Crippen molar-refractivity contribution >= 4 is 40.7 Å². The van der Waals surface area contributed by atoms with Gasteiger partial charge < -0.3 is 15.4 Å². The number of ether oxygens (including phenoxy) is 1. The largest absolute Gasteiger partial charge is 0.379 e. The van der Waals surface area contributed by atoms with Gasteiger partial charge in [-0.3, -0.25) is 14.5 Å². The van der Waals surface area contributed by atoms with Crippen molar-refractivity contribution in [3.05, 3.63) is 28.2 Å². The van der Waals surface area contributed by atoms with Crippen LogP contribution in [0.3, 0.4) is 0 Å². The summed E-state index contributed by atoms with van der Waals surface area (Å²) in [5.41, 5.74) is 0.505. The molecule has 1 aromatic rings. The van der Waals surface area contributed by atoms with Crippen LogP contribution in [0.4, 0.5) is 5.69 Å². The van der Waals surface area contributed by atoms with Crippen LogP contribution in [0.2, 0.25) is 10.0 Å². The van der Waals surface area contributed by atoms with Gasteiger partial charge in [0, 0.05) is 31.9 Å². The number of amides is 2. The van der Waals surface area contributed by atoms with Crippen molar-refractivity contribution in [3.63, 3.8) is 0 Å². The number of hydrogen-bond donors (Lipinski definition) is 2. The Balaban J connectivity index is 1.67. The number of hydrogen-bond acceptors (Lipinski definition) is 4. The van der Waals surface area contributed by atoms with E-state index >= 15 is 0 Å². The maximum atomic E-state index is 11.8.